The van der Waals surface area contributed by atoms with E-state index in [-0.39, 0.29) is 12.1 Å². The summed E-state index contributed by atoms with van der Waals surface area (Å²) in [5, 5.41) is 0. The van der Waals surface area contributed by atoms with Crippen LogP contribution in [0.15, 0.2) is 60.7 Å². The first-order chi connectivity index (χ1) is 11.2. The fraction of sp³-hybridized carbons (Fsp3) is 0.286. The molecule has 0 saturated carbocycles. The van der Waals surface area contributed by atoms with E-state index in [4.69, 9.17) is 4.74 Å². The summed E-state index contributed by atoms with van der Waals surface area (Å²) in [6.07, 6.45) is 3.62. The summed E-state index contributed by atoms with van der Waals surface area (Å²) in [4.78, 5) is 12.4. The molecule has 0 saturated heterocycles. The highest BCUT2D eigenvalue weighted by Gasteiger charge is 2.31. The molecule has 23 heavy (non-hydrogen) atoms. The Kier molecular flexibility index (Phi) is 4.61. The molecule has 0 aliphatic heterocycles. The van der Waals surface area contributed by atoms with Crippen molar-refractivity contribution in [3.05, 3.63) is 71.8 Å². The fourth-order valence-electron chi connectivity index (χ4n) is 3.12. The molecule has 2 aromatic rings. The first-order valence-electron chi connectivity index (χ1n) is 8.29. The van der Waals surface area contributed by atoms with Gasteiger partial charge in [-0.3, -0.25) is 0 Å². The number of unbranched alkanes of at least 4 members (excludes halogenated alkanes) is 2. The van der Waals surface area contributed by atoms with Gasteiger partial charge in [0.1, 0.15) is 0 Å². The Morgan fingerprint density at radius 2 is 1.57 bits per heavy atom. The summed E-state index contributed by atoms with van der Waals surface area (Å²) < 4.78 is 5.82. The van der Waals surface area contributed by atoms with Gasteiger partial charge in [-0.15, -0.1) is 0 Å². The van der Waals surface area contributed by atoms with Crippen molar-refractivity contribution in [2.75, 3.05) is 0 Å². The van der Waals surface area contributed by atoms with Gasteiger partial charge < -0.3 is 4.74 Å². The lowest BCUT2D eigenvalue weighted by molar-refractivity contribution is -0.142. The number of hydrogen-bond acceptors (Lipinski definition) is 2. The van der Waals surface area contributed by atoms with Crippen LogP contribution in [0.2, 0.25) is 0 Å². The smallest absolute Gasteiger partial charge is 0.334 e. The van der Waals surface area contributed by atoms with E-state index in [1.54, 1.807) is 0 Å². The van der Waals surface area contributed by atoms with Gasteiger partial charge in [0.15, 0.2) is 6.10 Å². The van der Waals surface area contributed by atoms with Gasteiger partial charge in [-0.2, -0.15) is 0 Å². The molecule has 0 unspecified atom stereocenters. The quantitative estimate of drug-likeness (QED) is 0.404. The monoisotopic (exact) mass is 306 g/mol. The van der Waals surface area contributed by atoms with Gasteiger partial charge in [0.25, 0.3) is 0 Å². The number of benzene rings is 2. The molecule has 0 fully saturated rings. The van der Waals surface area contributed by atoms with Crippen LogP contribution in [0.25, 0.3) is 11.1 Å². The van der Waals surface area contributed by atoms with Crippen LogP contribution in [-0.2, 0) is 9.53 Å². The largest absolute Gasteiger partial charge is 0.449 e. The molecule has 0 amide bonds. The predicted molar refractivity (Wildman–Crippen MR) is 93.1 cm³/mol. The molecule has 0 bridgehead atoms. The van der Waals surface area contributed by atoms with E-state index in [0.29, 0.717) is 12.0 Å². The van der Waals surface area contributed by atoms with Gasteiger partial charge in [-0.1, -0.05) is 74.9 Å². The first-order valence-corrected chi connectivity index (χ1v) is 8.29. The van der Waals surface area contributed by atoms with Crippen LogP contribution in [0.5, 0.6) is 0 Å². The zero-order chi connectivity index (χ0) is 16.2. The molecule has 0 atom stereocenters. The molecule has 0 aromatic heterocycles. The third kappa shape index (κ3) is 3.07. The van der Waals surface area contributed by atoms with Crippen LogP contribution < -0.4 is 0 Å². The molecule has 0 heterocycles. The predicted octanol–water partition coefficient (Wildman–Crippen LogP) is 5.44. The second kappa shape index (κ2) is 6.82. The molecule has 2 heteroatoms. The van der Waals surface area contributed by atoms with Gasteiger partial charge in [0.2, 0.25) is 0 Å². The molecule has 2 aromatic carbocycles. The lowest BCUT2D eigenvalue weighted by atomic mass is 10.1. The average molecular weight is 306 g/mol. The number of carbonyl (C=O) groups excluding carboxylic acids is 1. The van der Waals surface area contributed by atoms with Crippen LogP contribution >= 0.6 is 0 Å². The van der Waals surface area contributed by atoms with Gasteiger partial charge in [0.05, 0.1) is 0 Å². The molecule has 1 aliphatic rings. The number of ether oxygens (including phenoxy) is 1. The van der Waals surface area contributed by atoms with E-state index in [1.165, 1.54) is 0 Å². The Labute approximate surface area is 137 Å². The molecule has 1 aliphatic carbocycles. The Morgan fingerprint density at radius 3 is 2.13 bits per heavy atom. The van der Waals surface area contributed by atoms with Gasteiger partial charge in [-0.25, -0.2) is 4.79 Å². The average Bonchev–Trinajstić information content (AvgIpc) is 2.90. The molecule has 0 spiro atoms. The van der Waals surface area contributed by atoms with Crippen molar-refractivity contribution in [3.63, 3.8) is 0 Å². The van der Waals surface area contributed by atoms with Gasteiger partial charge in [-0.05, 0) is 24.0 Å². The van der Waals surface area contributed by atoms with E-state index in [2.05, 4.69) is 25.6 Å². The van der Waals surface area contributed by atoms with Crippen molar-refractivity contribution >= 4 is 5.97 Å². The van der Waals surface area contributed by atoms with Crippen molar-refractivity contribution in [3.8, 4) is 11.1 Å². The topological polar surface area (TPSA) is 26.3 Å². The fourth-order valence-corrected chi connectivity index (χ4v) is 3.12. The summed E-state index contributed by atoms with van der Waals surface area (Å²) in [6, 6.07) is 16.2. The van der Waals surface area contributed by atoms with Crippen LogP contribution in [0, 0.1) is 0 Å². The van der Waals surface area contributed by atoms with E-state index in [0.717, 1.165) is 41.5 Å². The summed E-state index contributed by atoms with van der Waals surface area (Å²) in [5.41, 5.74) is 4.99. The standard InChI is InChI=1S/C21H22O2/c1-3-4-5-10-15(2)21(22)23-20-18-13-8-6-11-16(18)17-12-7-9-14-19(17)20/h6-9,11-14,20H,2-5,10H2,1H3. The van der Waals surface area contributed by atoms with Crippen LogP contribution in [0.3, 0.4) is 0 Å². The number of fused-ring (bicyclic) bond motifs is 3. The third-order valence-electron chi connectivity index (χ3n) is 4.37. The van der Waals surface area contributed by atoms with Crippen molar-refractivity contribution in [2.24, 2.45) is 0 Å². The number of hydrogen-bond donors (Lipinski definition) is 0. The second-order valence-electron chi connectivity index (χ2n) is 6.02. The normalized spacial score (nSPS) is 12.6. The zero-order valence-corrected chi connectivity index (χ0v) is 13.5. The molecule has 2 nitrogen and oxygen atoms in total. The van der Waals surface area contributed by atoms with Gasteiger partial charge >= 0.3 is 5.97 Å². The highest BCUT2D eigenvalue weighted by atomic mass is 16.5. The minimum atomic E-state index is -0.321. The summed E-state index contributed by atoms with van der Waals surface area (Å²) >= 11 is 0. The van der Waals surface area contributed by atoms with E-state index in [1.807, 2.05) is 36.4 Å². The van der Waals surface area contributed by atoms with Crippen LogP contribution in [-0.4, -0.2) is 5.97 Å². The first kappa shape index (κ1) is 15.5. The van der Waals surface area contributed by atoms with E-state index in [9.17, 15) is 4.79 Å². The second-order valence-corrected chi connectivity index (χ2v) is 6.02. The van der Waals surface area contributed by atoms with Crippen molar-refractivity contribution in [2.45, 2.75) is 38.7 Å². The Hall–Kier alpha value is -2.35. The highest BCUT2D eigenvalue weighted by Crippen LogP contribution is 2.45. The molecular formula is C21H22O2. The van der Waals surface area contributed by atoms with E-state index >= 15 is 0 Å². The van der Waals surface area contributed by atoms with Crippen LogP contribution in [0.4, 0.5) is 0 Å². The summed E-state index contributed by atoms with van der Waals surface area (Å²) in [6.45, 7) is 6.05. The number of carbonyl (C=O) groups is 1. The van der Waals surface area contributed by atoms with E-state index < -0.39 is 0 Å². The number of rotatable bonds is 6. The summed E-state index contributed by atoms with van der Waals surface area (Å²) in [5.74, 6) is -0.280. The minimum Gasteiger partial charge on any atom is -0.449 e. The summed E-state index contributed by atoms with van der Waals surface area (Å²) in [7, 11) is 0. The zero-order valence-electron chi connectivity index (χ0n) is 13.5. The molecule has 0 radical (unpaired) electrons. The SMILES string of the molecule is C=C(CCCCC)C(=O)OC1c2ccccc2-c2ccccc21. The maximum Gasteiger partial charge on any atom is 0.334 e. The maximum absolute atomic E-state index is 12.4. The van der Waals surface area contributed by atoms with Crippen molar-refractivity contribution in [1.82, 2.24) is 0 Å². The van der Waals surface area contributed by atoms with Crippen molar-refractivity contribution in [1.29, 1.82) is 0 Å². The highest BCUT2D eigenvalue weighted by molar-refractivity contribution is 5.89. The Morgan fingerprint density at radius 1 is 1.00 bits per heavy atom. The lowest BCUT2D eigenvalue weighted by Gasteiger charge is -2.16. The van der Waals surface area contributed by atoms with Crippen LogP contribution in [0.1, 0.15) is 49.8 Å². The van der Waals surface area contributed by atoms with Gasteiger partial charge in [0, 0.05) is 16.7 Å². The number of esters is 1. The Bertz CT molecular complexity index is 685. The minimum absolute atomic E-state index is 0.280. The van der Waals surface area contributed by atoms with Crippen molar-refractivity contribution < 1.29 is 9.53 Å². The molecule has 0 N–H and O–H groups in total. The lowest BCUT2D eigenvalue weighted by Crippen LogP contribution is -2.12. The Balaban J connectivity index is 1.80. The molecular weight excluding hydrogens is 284 g/mol. The molecule has 3 rings (SSSR count). The maximum atomic E-state index is 12.4. The molecule has 118 valence electrons. The third-order valence-corrected chi connectivity index (χ3v) is 4.37.